The molecular formula is C11H17BrN2OS. The van der Waals surface area contributed by atoms with Crippen molar-refractivity contribution >= 4 is 28.6 Å². The number of nitrogens with zero attached hydrogens (tertiary/aromatic N) is 2. The summed E-state index contributed by atoms with van der Waals surface area (Å²) < 4.78 is 2.66. The van der Waals surface area contributed by atoms with E-state index in [1.165, 1.54) is 0 Å². The molecule has 0 unspecified atom stereocenters. The lowest BCUT2D eigenvalue weighted by Crippen LogP contribution is -2.26. The highest BCUT2D eigenvalue weighted by Gasteiger charge is 2.08. The molecule has 0 aliphatic heterocycles. The summed E-state index contributed by atoms with van der Waals surface area (Å²) in [5.74, 6) is 0.906. The topological polar surface area (TPSA) is 34.9 Å². The Labute approximate surface area is 110 Å². The normalized spacial score (nSPS) is 10.8. The van der Waals surface area contributed by atoms with E-state index < -0.39 is 0 Å². The van der Waals surface area contributed by atoms with Gasteiger partial charge in [0, 0.05) is 12.2 Å². The number of halogens is 1. The standard InChI is InChI=1S/C11H17BrN2OS/c1-8-10(12)9(2)14(11(15)13-8)6-4-3-5-7-16/h16H,3-7H2,1-2H3. The van der Waals surface area contributed by atoms with Gasteiger partial charge in [0.25, 0.3) is 0 Å². The highest BCUT2D eigenvalue weighted by Crippen LogP contribution is 2.17. The minimum absolute atomic E-state index is 0.149. The van der Waals surface area contributed by atoms with Gasteiger partial charge in [-0.15, -0.1) is 0 Å². The second-order valence-electron chi connectivity index (χ2n) is 3.82. The van der Waals surface area contributed by atoms with Crippen LogP contribution in [0.15, 0.2) is 9.27 Å². The van der Waals surface area contributed by atoms with Gasteiger partial charge >= 0.3 is 5.69 Å². The molecule has 0 amide bonds. The minimum Gasteiger partial charge on any atom is -0.295 e. The van der Waals surface area contributed by atoms with Crippen LogP contribution in [0.1, 0.15) is 30.7 Å². The summed E-state index contributed by atoms with van der Waals surface area (Å²) in [5.41, 5.74) is 1.57. The van der Waals surface area contributed by atoms with Crippen LogP contribution in [0.25, 0.3) is 0 Å². The summed E-state index contributed by atoms with van der Waals surface area (Å²) in [7, 11) is 0. The highest BCUT2D eigenvalue weighted by atomic mass is 79.9. The van der Waals surface area contributed by atoms with Crippen molar-refractivity contribution in [2.75, 3.05) is 5.75 Å². The number of hydrogen-bond acceptors (Lipinski definition) is 3. The summed E-state index contributed by atoms with van der Waals surface area (Å²) in [6.45, 7) is 4.52. The Balaban J connectivity index is 2.80. The smallest absolute Gasteiger partial charge is 0.295 e. The molecule has 0 bridgehead atoms. The van der Waals surface area contributed by atoms with E-state index in [9.17, 15) is 4.79 Å². The molecule has 1 rings (SSSR count). The van der Waals surface area contributed by atoms with Crippen molar-refractivity contribution in [3.8, 4) is 0 Å². The van der Waals surface area contributed by atoms with Crippen LogP contribution in [0, 0.1) is 13.8 Å². The third-order valence-corrected chi connectivity index (χ3v) is 4.04. The molecule has 0 atom stereocenters. The van der Waals surface area contributed by atoms with E-state index in [2.05, 4.69) is 33.5 Å². The van der Waals surface area contributed by atoms with Gasteiger partial charge < -0.3 is 0 Å². The first-order valence-electron chi connectivity index (χ1n) is 5.42. The third kappa shape index (κ3) is 3.35. The van der Waals surface area contributed by atoms with Crippen LogP contribution in [0.5, 0.6) is 0 Å². The van der Waals surface area contributed by atoms with Gasteiger partial charge in [0.1, 0.15) is 0 Å². The average Bonchev–Trinajstić information content (AvgIpc) is 2.25. The largest absolute Gasteiger partial charge is 0.348 e. The fraction of sp³-hybridized carbons (Fsp3) is 0.636. The Bertz CT molecular complexity index is 417. The van der Waals surface area contributed by atoms with Gasteiger partial charge in [-0.05, 0) is 48.4 Å². The van der Waals surface area contributed by atoms with E-state index in [1.54, 1.807) is 4.57 Å². The Kier molecular flexibility index (Phi) is 5.55. The summed E-state index contributed by atoms with van der Waals surface area (Å²) in [4.78, 5) is 15.7. The van der Waals surface area contributed by atoms with Crippen LogP contribution in [0.2, 0.25) is 0 Å². The van der Waals surface area contributed by atoms with Crippen LogP contribution in [-0.2, 0) is 6.54 Å². The number of rotatable bonds is 5. The number of aromatic nitrogens is 2. The van der Waals surface area contributed by atoms with Gasteiger partial charge in [0.2, 0.25) is 0 Å². The zero-order chi connectivity index (χ0) is 12.1. The first-order chi connectivity index (χ1) is 7.57. The maximum Gasteiger partial charge on any atom is 0.348 e. The molecule has 1 aromatic heterocycles. The molecule has 0 aromatic carbocycles. The van der Waals surface area contributed by atoms with Gasteiger partial charge in [-0.25, -0.2) is 4.79 Å². The van der Waals surface area contributed by atoms with Crippen LogP contribution in [-0.4, -0.2) is 15.3 Å². The molecule has 0 saturated carbocycles. The fourth-order valence-corrected chi connectivity index (χ4v) is 2.12. The quantitative estimate of drug-likeness (QED) is 0.670. The first kappa shape index (κ1) is 13.8. The lowest BCUT2D eigenvalue weighted by atomic mass is 10.2. The van der Waals surface area contributed by atoms with Crippen LogP contribution in [0.4, 0.5) is 0 Å². The fourth-order valence-electron chi connectivity index (χ4n) is 1.60. The molecule has 0 fully saturated rings. The van der Waals surface area contributed by atoms with Gasteiger partial charge in [0.15, 0.2) is 0 Å². The van der Waals surface area contributed by atoms with E-state index in [-0.39, 0.29) is 5.69 Å². The molecule has 1 heterocycles. The molecule has 0 spiro atoms. The Morgan fingerprint density at radius 2 is 2.00 bits per heavy atom. The molecule has 3 nitrogen and oxygen atoms in total. The molecular weight excluding hydrogens is 288 g/mol. The maximum absolute atomic E-state index is 11.7. The van der Waals surface area contributed by atoms with E-state index in [4.69, 9.17) is 0 Å². The molecule has 16 heavy (non-hydrogen) atoms. The van der Waals surface area contributed by atoms with Gasteiger partial charge in [-0.1, -0.05) is 6.42 Å². The molecule has 1 aromatic rings. The lowest BCUT2D eigenvalue weighted by molar-refractivity contribution is 0.562. The van der Waals surface area contributed by atoms with E-state index in [0.29, 0.717) is 0 Å². The lowest BCUT2D eigenvalue weighted by Gasteiger charge is -2.11. The predicted molar refractivity (Wildman–Crippen MR) is 73.4 cm³/mol. The van der Waals surface area contributed by atoms with E-state index in [0.717, 1.165) is 47.4 Å². The Morgan fingerprint density at radius 1 is 1.31 bits per heavy atom. The van der Waals surface area contributed by atoms with Crippen molar-refractivity contribution in [1.82, 2.24) is 9.55 Å². The molecule has 0 saturated heterocycles. The second kappa shape index (κ2) is 6.45. The molecule has 0 aliphatic carbocycles. The van der Waals surface area contributed by atoms with E-state index >= 15 is 0 Å². The van der Waals surface area contributed by atoms with Crippen molar-refractivity contribution in [1.29, 1.82) is 0 Å². The maximum atomic E-state index is 11.7. The van der Waals surface area contributed by atoms with Gasteiger partial charge in [0.05, 0.1) is 10.2 Å². The zero-order valence-electron chi connectivity index (χ0n) is 9.66. The number of unbranched alkanes of at least 4 members (excludes halogenated alkanes) is 2. The van der Waals surface area contributed by atoms with Crippen LogP contribution in [0.3, 0.4) is 0 Å². The van der Waals surface area contributed by atoms with Crippen LogP contribution >= 0.6 is 28.6 Å². The molecule has 0 radical (unpaired) electrons. The third-order valence-electron chi connectivity index (χ3n) is 2.57. The van der Waals surface area contributed by atoms with Crippen molar-refractivity contribution < 1.29 is 0 Å². The summed E-state index contributed by atoms with van der Waals surface area (Å²) in [5, 5.41) is 0. The molecule has 90 valence electrons. The molecule has 5 heteroatoms. The van der Waals surface area contributed by atoms with Crippen molar-refractivity contribution in [2.24, 2.45) is 0 Å². The molecule has 0 aliphatic rings. The minimum atomic E-state index is -0.149. The molecule has 0 N–H and O–H groups in total. The van der Waals surface area contributed by atoms with Crippen molar-refractivity contribution in [2.45, 2.75) is 39.7 Å². The number of thiol groups is 1. The average molecular weight is 305 g/mol. The van der Waals surface area contributed by atoms with Gasteiger partial charge in [-0.2, -0.15) is 17.6 Å². The predicted octanol–water partition coefficient (Wildman–Crippen LogP) is 2.72. The first-order valence-corrected chi connectivity index (χ1v) is 6.85. The van der Waals surface area contributed by atoms with Crippen molar-refractivity contribution in [3.63, 3.8) is 0 Å². The van der Waals surface area contributed by atoms with Crippen LogP contribution < -0.4 is 5.69 Å². The highest BCUT2D eigenvalue weighted by molar-refractivity contribution is 9.10. The summed E-state index contributed by atoms with van der Waals surface area (Å²) in [6.07, 6.45) is 3.19. The van der Waals surface area contributed by atoms with Gasteiger partial charge in [-0.3, -0.25) is 4.57 Å². The van der Waals surface area contributed by atoms with E-state index in [1.807, 2.05) is 13.8 Å². The second-order valence-corrected chi connectivity index (χ2v) is 5.06. The SMILES string of the molecule is Cc1nc(=O)n(CCCCCS)c(C)c1Br. The summed E-state index contributed by atoms with van der Waals surface area (Å²) in [6, 6.07) is 0. The Morgan fingerprint density at radius 3 is 2.62 bits per heavy atom. The Hall–Kier alpha value is -0.290. The van der Waals surface area contributed by atoms with Crippen molar-refractivity contribution in [3.05, 3.63) is 26.3 Å². The summed E-state index contributed by atoms with van der Waals surface area (Å²) >= 11 is 7.62. The zero-order valence-corrected chi connectivity index (χ0v) is 12.1. The monoisotopic (exact) mass is 304 g/mol. The number of hydrogen-bond donors (Lipinski definition) is 1. The number of aryl methyl sites for hydroxylation is 1.